The Morgan fingerprint density at radius 3 is 2.42 bits per heavy atom. The Morgan fingerprint density at radius 1 is 1.29 bits per heavy atom. The van der Waals surface area contributed by atoms with E-state index >= 15 is 0 Å². The van der Waals surface area contributed by atoms with Gasteiger partial charge in [0.2, 0.25) is 5.91 Å². The molecule has 1 heterocycles. The van der Waals surface area contributed by atoms with Crippen LogP contribution in [0.3, 0.4) is 0 Å². The van der Waals surface area contributed by atoms with Gasteiger partial charge in [-0.25, -0.2) is 4.79 Å². The summed E-state index contributed by atoms with van der Waals surface area (Å²) in [6.07, 6.45) is 1.95. The number of hydrogen-bond donors (Lipinski definition) is 0. The molecular weight excluding hydrogens is 308 g/mol. The molecule has 0 radical (unpaired) electrons. The van der Waals surface area contributed by atoms with Gasteiger partial charge >= 0.3 is 6.03 Å². The molecule has 0 spiro atoms. The first-order valence-electron chi connectivity index (χ1n) is 8.12. The second kappa shape index (κ2) is 9.32. The highest BCUT2D eigenvalue weighted by Crippen LogP contribution is 2.09. The molecule has 7 heteroatoms. The first kappa shape index (κ1) is 20.0. The molecule has 0 aliphatic carbocycles. The van der Waals surface area contributed by atoms with Crippen molar-refractivity contribution in [1.82, 2.24) is 19.3 Å². The van der Waals surface area contributed by atoms with Crippen LogP contribution in [0.5, 0.6) is 0 Å². The van der Waals surface area contributed by atoms with Gasteiger partial charge in [-0.3, -0.25) is 4.79 Å². The predicted molar refractivity (Wildman–Crippen MR) is 93.6 cm³/mol. The number of urea groups is 1. The van der Waals surface area contributed by atoms with Crippen molar-refractivity contribution in [3.8, 4) is 0 Å². The second-order valence-corrected chi connectivity index (χ2v) is 6.32. The number of carbonyl (C=O) groups excluding carboxylic acids is 2. The lowest BCUT2D eigenvalue weighted by molar-refractivity contribution is -0.133. The number of ether oxygens (including phenoxy) is 1. The van der Waals surface area contributed by atoms with Crippen molar-refractivity contribution in [2.24, 2.45) is 7.05 Å². The third kappa shape index (κ3) is 5.56. The number of aromatic nitrogens is 1. The van der Waals surface area contributed by atoms with Crippen LogP contribution in [0.15, 0.2) is 18.3 Å². The zero-order valence-corrected chi connectivity index (χ0v) is 15.7. The van der Waals surface area contributed by atoms with E-state index in [1.54, 1.807) is 31.0 Å². The molecule has 0 atom stereocenters. The van der Waals surface area contributed by atoms with Crippen LogP contribution in [0.1, 0.15) is 19.5 Å². The van der Waals surface area contributed by atoms with Crippen LogP contribution >= 0.6 is 0 Å². The molecule has 0 bridgehead atoms. The van der Waals surface area contributed by atoms with Gasteiger partial charge in [0.05, 0.1) is 13.2 Å². The van der Waals surface area contributed by atoms with E-state index in [2.05, 4.69) is 0 Å². The molecule has 0 aromatic carbocycles. The molecule has 3 amide bonds. The minimum absolute atomic E-state index is 0.0526. The molecule has 0 saturated carbocycles. The van der Waals surface area contributed by atoms with E-state index in [0.717, 1.165) is 5.69 Å². The van der Waals surface area contributed by atoms with Crippen LogP contribution in [0.4, 0.5) is 4.79 Å². The van der Waals surface area contributed by atoms with Gasteiger partial charge in [-0.15, -0.1) is 0 Å². The summed E-state index contributed by atoms with van der Waals surface area (Å²) in [4.78, 5) is 29.9. The number of methoxy groups -OCH3 is 1. The Bertz CT molecular complexity index is 540. The largest absolute Gasteiger partial charge is 0.383 e. The summed E-state index contributed by atoms with van der Waals surface area (Å²) in [5.74, 6) is -0.0860. The fraction of sp³-hybridized carbons (Fsp3) is 0.647. The minimum atomic E-state index is -0.163. The summed E-state index contributed by atoms with van der Waals surface area (Å²) >= 11 is 0. The van der Waals surface area contributed by atoms with Gasteiger partial charge in [0.25, 0.3) is 0 Å². The summed E-state index contributed by atoms with van der Waals surface area (Å²) in [7, 11) is 6.94. The number of amides is 3. The highest BCUT2D eigenvalue weighted by atomic mass is 16.5. The zero-order valence-electron chi connectivity index (χ0n) is 15.7. The van der Waals surface area contributed by atoms with E-state index in [1.165, 1.54) is 4.90 Å². The third-order valence-corrected chi connectivity index (χ3v) is 3.88. The highest BCUT2D eigenvalue weighted by Gasteiger charge is 2.24. The summed E-state index contributed by atoms with van der Waals surface area (Å²) in [6, 6.07) is 3.72. The molecular formula is C17H30N4O3. The first-order chi connectivity index (χ1) is 11.3. The summed E-state index contributed by atoms with van der Waals surface area (Å²) in [5.41, 5.74) is 1.04. The Balaban J connectivity index is 2.85. The molecule has 136 valence electrons. The van der Waals surface area contributed by atoms with Crippen molar-refractivity contribution in [2.75, 3.05) is 40.9 Å². The molecule has 24 heavy (non-hydrogen) atoms. The molecule has 1 aromatic rings. The van der Waals surface area contributed by atoms with Gasteiger partial charge in [-0.1, -0.05) is 0 Å². The predicted octanol–water partition coefficient (Wildman–Crippen LogP) is 1.39. The Hall–Kier alpha value is -2.02. The monoisotopic (exact) mass is 338 g/mol. The van der Waals surface area contributed by atoms with Gasteiger partial charge in [0, 0.05) is 52.7 Å². The average Bonchev–Trinajstić information content (AvgIpc) is 2.92. The number of carbonyl (C=O) groups is 2. The minimum Gasteiger partial charge on any atom is -0.383 e. The third-order valence-electron chi connectivity index (χ3n) is 3.88. The number of nitrogens with zero attached hydrogens (tertiary/aromatic N) is 4. The van der Waals surface area contributed by atoms with E-state index in [9.17, 15) is 9.59 Å². The van der Waals surface area contributed by atoms with Gasteiger partial charge in [-0.2, -0.15) is 0 Å². The van der Waals surface area contributed by atoms with E-state index in [1.807, 2.05) is 43.8 Å². The van der Waals surface area contributed by atoms with E-state index in [4.69, 9.17) is 4.74 Å². The second-order valence-electron chi connectivity index (χ2n) is 6.32. The van der Waals surface area contributed by atoms with E-state index in [-0.39, 0.29) is 24.5 Å². The lowest BCUT2D eigenvalue weighted by Gasteiger charge is -2.31. The van der Waals surface area contributed by atoms with E-state index in [0.29, 0.717) is 19.7 Å². The van der Waals surface area contributed by atoms with Crippen molar-refractivity contribution in [3.63, 3.8) is 0 Å². The number of aryl methyl sites for hydroxylation is 1. The molecule has 0 aliphatic rings. The first-order valence-corrected chi connectivity index (χ1v) is 8.12. The smallest absolute Gasteiger partial charge is 0.320 e. The SMILES string of the molecule is COCCN(Cc1cccn1C)C(=O)CN(C(=O)N(C)C)C(C)C. The van der Waals surface area contributed by atoms with Crippen LogP contribution in [0, 0.1) is 0 Å². The molecule has 0 aliphatic heterocycles. The van der Waals surface area contributed by atoms with Crippen molar-refractivity contribution >= 4 is 11.9 Å². The summed E-state index contributed by atoms with van der Waals surface area (Å²) in [5, 5.41) is 0. The Kier molecular flexibility index (Phi) is 7.78. The molecule has 1 rings (SSSR count). The standard InChI is InChI=1S/C17H30N4O3/c1-14(2)21(17(23)18(3)4)13-16(22)20(10-11-24-6)12-15-8-7-9-19(15)5/h7-9,14H,10-13H2,1-6H3. The molecule has 0 unspecified atom stereocenters. The average molecular weight is 338 g/mol. The van der Waals surface area contributed by atoms with Gasteiger partial charge in [-0.05, 0) is 26.0 Å². The van der Waals surface area contributed by atoms with Crippen LogP contribution < -0.4 is 0 Å². The lowest BCUT2D eigenvalue weighted by atomic mass is 10.3. The van der Waals surface area contributed by atoms with E-state index < -0.39 is 0 Å². The van der Waals surface area contributed by atoms with Gasteiger partial charge in [0.15, 0.2) is 0 Å². The number of hydrogen-bond acceptors (Lipinski definition) is 3. The Morgan fingerprint density at radius 2 is 1.96 bits per heavy atom. The fourth-order valence-corrected chi connectivity index (χ4v) is 2.32. The van der Waals surface area contributed by atoms with Crippen LogP contribution in [-0.2, 0) is 23.1 Å². The summed E-state index contributed by atoms with van der Waals surface area (Å²) in [6.45, 7) is 5.31. The van der Waals surface area contributed by atoms with Crippen molar-refractivity contribution in [1.29, 1.82) is 0 Å². The normalized spacial score (nSPS) is 10.8. The van der Waals surface area contributed by atoms with Crippen LogP contribution in [-0.4, -0.2) is 78.1 Å². The van der Waals surface area contributed by atoms with Gasteiger partial charge in [0.1, 0.15) is 6.54 Å². The maximum absolute atomic E-state index is 12.8. The maximum atomic E-state index is 12.8. The Labute approximate surface area is 144 Å². The van der Waals surface area contributed by atoms with Crippen molar-refractivity contribution < 1.29 is 14.3 Å². The molecule has 0 saturated heterocycles. The van der Waals surface area contributed by atoms with Crippen LogP contribution in [0.2, 0.25) is 0 Å². The molecule has 1 aromatic heterocycles. The summed E-state index contributed by atoms with van der Waals surface area (Å²) < 4.78 is 7.10. The topological polar surface area (TPSA) is 58.0 Å². The lowest BCUT2D eigenvalue weighted by Crippen LogP contribution is -2.49. The fourth-order valence-electron chi connectivity index (χ4n) is 2.32. The van der Waals surface area contributed by atoms with Gasteiger partial charge < -0.3 is 24.0 Å². The van der Waals surface area contributed by atoms with Crippen molar-refractivity contribution in [3.05, 3.63) is 24.0 Å². The molecule has 0 fully saturated rings. The zero-order chi connectivity index (χ0) is 18.3. The quantitative estimate of drug-likeness (QED) is 0.720. The van der Waals surface area contributed by atoms with Crippen LogP contribution in [0.25, 0.3) is 0 Å². The highest BCUT2D eigenvalue weighted by molar-refractivity contribution is 5.84. The molecule has 7 nitrogen and oxygen atoms in total. The number of rotatable bonds is 8. The van der Waals surface area contributed by atoms with Crippen molar-refractivity contribution in [2.45, 2.75) is 26.4 Å². The maximum Gasteiger partial charge on any atom is 0.320 e. The molecule has 0 N–H and O–H groups in total.